The summed E-state index contributed by atoms with van der Waals surface area (Å²) in [5, 5.41) is 9.43. The monoisotopic (exact) mass is 478 g/mol. The van der Waals surface area contributed by atoms with E-state index in [0.29, 0.717) is 6.04 Å². The highest BCUT2D eigenvalue weighted by molar-refractivity contribution is 6.31. The van der Waals surface area contributed by atoms with Crippen LogP contribution < -0.4 is 16.2 Å². The highest BCUT2D eigenvalue weighted by atomic mass is 35.5. The van der Waals surface area contributed by atoms with Gasteiger partial charge in [0.05, 0.1) is 5.52 Å². The average Bonchev–Trinajstić information content (AvgIpc) is 2.84. The second kappa shape index (κ2) is 10.9. The van der Waals surface area contributed by atoms with Crippen molar-refractivity contribution in [2.24, 2.45) is 0 Å². The molecule has 34 heavy (non-hydrogen) atoms. The predicted octanol–water partition coefficient (Wildman–Crippen LogP) is 6.09. The van der Waals surface area contributed by atoms with Gasteiger partial charge in [0.1, 0.15) is 0 Å². The van der Waals surface area contributed by atoms with E-state index in [1.807, 2.05) is 18.2 Å². The lowest BCUT2D eigenvalue weighted by Crippen LogP contribution is -2.28. The van der Waals surface area contributed by atoms with Gasteiger partial charge >= 0.3 is 0 Å². The number of aromatic nitrogens is 2. The van der Waals surface area contributed by atoms with Crippen molar-refractivity contribution in [1.29, 1.82) is 0 Å². The number of hydrogen-bond acceptors (Lipinski definition) is 4. The van der Waals surface area contributed by atoms with E-state index in [1.54, 1.807) is 6.07 Å². The molecule has 1 unspecified atom stereocenters. The maximum Gasteiger partial charge on any atom is 0.248 e. The third kappa shape index (κ3) is 5.31. The van der Waals surface area contributed by atoms with E-state index in [1.165, 1.54) is 66.4 Å². The fourth-order valence-corrected chi connectivity index (χ4v) is 5.77. The Labute approximate surface area is 206 Å². The van der Waals surface area contributed by atoms with Crippen molar-refractivity contribution in [3.63, 3.8) is 0 Å². The fourth-order valence-electron chi connectivity index (χ4n) is 5.61. The molecule has 0 bridgehead atoms. The number of rotatable bonds is 9. The Balaban J connectivity index is 1.09. The number of hydrogen-bond donors (Lipinski definition) is 3. The lowest BCUT2D eigenvalue weighted by Gasteiger charge is -2.26. The number of halogens is 1. The normalized spacial score (nSPS) is 17.4. The molecule has 2 aliphatic carbocycles. The first-order valence-corrected chi connectivity index (χ1v) is 13.4. The van der Waals surface area contributed by atoms with Crippen LogP contribution in [0.5, 0.6) is 0 Å². The van der Waals surface area contributed by atoms with Crippen LogP contribution in [0.25, 0.3) is 10.9 Å². The molecule has 0 saturated heterocycles. The van der Waals surface area contributed by atoms with E-state index in [9.17, 15) is 4.79 Å². The predicted molar refractivity (Wildman–Crippen MR) is 141 cm³/mol. The van der Waals surface area contributed by atoms with Crippen LogP contribution in [-0.2, 0) is 19.3 Å². The third-order valence-electron chi connectivity index (χ3n) is 7.35. The van der Waals surface area contributed by atoms with Gasteiger partial charge in [-0.2, -0.15) is 0 Å². The molecule has 2 aliphatic rings. The van der Waals surface area contributed by atoms with Crippen molar-refractivity contribution >= 4 is 28.2 Å². The van der Waals surface area contributed by atoms with Crippen molar-refractivity contribution in [1.82, 2.24) is 15.3 Å². The number of H-pyrrole nitrogens is 1. The third-order valence-corrected chi connectivity index (χ3v) is 7.59. The zero-order valence-corrected chi connectivity index (χ0v) is 20.6. The lowest BCUT2D eigenvalue weighted by atomic mass is 9.91. The Kier molecular flexibility index (Phi) is 7.51. The maximum atomic E-state index is 11.6. The molecule has 2 aromatic heterocycles. The van der Waals surface area contributed by atoms with Gasteiger partial charge in [-0.3, -0.25) is 9.78 Å². The molecule has 0 amide bonds. The van der Waals surface area contributed by atoms with Crippen molar-refractivity contribution in [3.8, 4) is 0 Å². The van der Waals surface area contributed by atoms with Crippen LogP contribution in [0.4, 0.5) is 5.69 Å². The number of aromatic amines is 1. The van der Waals surface area contributed by atoms with E-state index < -0.39 is 0 Å². The number of unbranched alkanes of at least 4 members (excludes halogenated alkanes) is 3. The summed E-state index contributed by atoms with van der Waals surface area (Å²) in [6, 6.07) is 10.1. The van der Waals surface area contributed by atoms with Gasteiger partial charge in [-0.05, 0) is 93.7 Å². The Hall–Kier alpha value is -2.37. The largest absolute Gasteiger partial charge is 0.384 e. The van der Waals surface area contributed by atoms with E-state index in [4.69, 9.17) is 16.6 Å². The molecule has 3 N–H and O–H groups in total. The van der Waals surface area contributed by atoms with E-state index in [0.717, 1.165) is 61.4 Å². The molecule has 5 nitrogen and oxygen atoms in total. The van der Waals surface area contributed by atoms with Crippen LogP contribution >= 0.6 is 11.6 Å². The number of benzene rings is 1. The van der Waals surface area contributed by atoms with Crippen molar-refractivity contribution in [2.75, 3.05) is 18.4 Å². The zero-order valence-electron chi connectivity index (χ0n) is 19.9. The minimum atomic E-state index is 0.0112. The molecule has 1 atom stereocenters. The van der Waals surface area contributed by atoms with Crippen LogP contribution in [0.2, 0.25) is 5.02 Å². The molecule has 6 heteroatoms. The smallest absolute Gasteiger partial charge is 0.248 e. The van der Waals surface area contributed by atoms with Gasteiger partial charge in [0.2, 0.25) is 5.56 Å². The molecular weight excluding hydrogens is 444 g/mol. The molecule has 0 fully saturated rings. The molecular formula is C28H35ClN4O. The van der Waals surface area contributed by atoms with Crippen LogP contribution in [0, 0.1) is 0 Å². The van der Waals surface area contributed by atoms with E-state index in [-0.39, 0.29) is 5.56 Å². The molecule has 1 aromatic carbocycles. The Morgan fingerprint density at radius 2 is 1.82 bits per heavy atom. The number of anilines is 1. The van der Waals surface area contributed by atoms with Crippen molar-refractivity contribution in [2.45, 2.75) is 76.7 Å². The van der Waals surface area contributed by atoms with Crippen LogP contribution in [-0.4, -0.2) is 23.1 Å². The summed E-state index contributed by atoms with van der Waals surface area (Å²) in [5.41, 5.74) is 7.38. The van der Waals surface area contributed by atoms with Gasteiger partial charge in [-0.15, -0.1) is 0 Å². The highest BCUT2D eigenvalue weighted by Crippen LogP contribution is 2.34. The molecule has 0 spiro atoms. The first-order chi connectivity index (χ1) is 16.7. The number of fused-ring (bicyclic) bond motifs is 3. The van der Waals surface area contributed by atoms with Crippen LogP contribution in [0.3, 0.4) is 0 Å². The second-order valence-electron chi connectivity index (χ2n) is 9.78. The van der Waals surface area contributed by atoms with Crippen molar-refractivity contribution < 1.29 is 0 Å². The lowest BCUT2D eigenvalue weighted by molar-refractivity contribution is 0.444. The quantitative estimate of drug-likeness (QED) is 0.325. The van der Waals surface area contributed by atoms with Gasteiger partial charge in [-0.1, -0.05) is 30.5 Å². The Bertz CT molecular complexity index is 1200. The molecule has 0 radical (unpaired) electrons. The van der Waals surface area contributed by atoms with E-state index in [2.05, 4.69) is 21.7 Å². The van der Waals surface area contributed by atoms with Gasteiger partial charge in [0.25, 0.3) is 0 Å². The molecule has 2 heterocycles. The molecule has 180 valence electrons. The minimum Gasteiger partial charge on any atom is -0.384 e. The number of pyridine rings is 2. The van der Waals surface area contributed by atoms with E-state index >= 15 is 0 Å². The van der Waals surface area contributed by atoms with Crippen LogP contribution in [0.15, 0.2) is 35.1 Å². The molecule has 3 aromatic rings. The molecule has 0 aliphatic heterocycles. The number of nitrogens with one attached hydrogen (secondary N) is 3. The first-order valence-electron chi connectivity index (χ1n) is 13.0. The highest BCUT2D eigenvalue weighted by Gasteiger charge is 2.20. The minimum absolute atomic E-state index is 0.0112. The Morgan fingerprint density at radius 1 is 0.971 bits per heavy atom. The Morgan fingerprint density at radius 3 is 2.74 bits per heavy atom. The van der Waals surface area contributed by atoms with Crippen molar-refractivity contribution in [3.05, 3.63) is 68.2 Å². The summed E-state index contributed by atoms with van der Waals surface area (Å²) in [4.78, 5) is 19.5. The number of nitrogens with zero attached hydrogens (tertiary/aromatic N) is 1. The second-order valence-corrected chi connectivity index (χ2v) is 10.2. The molecule has 0 saturated carbocycles. The summed E-state index contributed by atoms with van der Waals surface area (Å²) < 4.78 is 0. The fraction of sp³-hybridized carbons (Fsp3) is 0.500. The van der Waals surface area contributed by atoms with Gasteiger partial charge in [0, 0.05) is 46.1 Å². The van der Waals surface area contributed by atoms with Gasteiger partial charge < -0.3 is 15.6 Å². The zero-order chi connectivity index (χ0) is 23.3. The standard InChI is InChI=1S/C28H35ClN4O/c29-19-12-13-22-26(18-19)32-25-9-4-3-8-21(25)28(22)31-17-6-2-1-5-16-30-23-10-7-11-24-20(23)14-15-27(34)33-24/h12-15,18,23,30H,1-11,16-17H2,(H,31,32)(H,33,34). The summed E-state index contributed by atoms with van der Waals surface area (Å²) in [7, 11) is 0. The SMILES string of the molecule is O=c1ccc2c([nH]1)CCCC2NCCCCCCNc1c2c(nc3cc(Cl)ccc13)CCCC2. The first kappa shape index (κ1) is 23.4. The summed E-state index contributed by atoms with van der Waals surface area (Å²) in [6.07, 6.45) is 12.7. The summed E-state index contributed by atoms with van der Waals surface area (Å²) in [6.45, 7) is 2.02. The van der Waals surface area contributed by atoms with Gasteiger partial charge in [-0.25, -0.2) is 0 Å². The number of aryl methyl sites for hydroxylation is 2. The molecule has 5 rings (SSSR count). The maximum absolute atomic E-state index is 11.6. The van der Waals surface area contributed by atoms with Crippen LogP contribution in [0.1, 0.15) is 79.9 Å². The topological polar surface area (TPSA) is 69.8 Å². The summed E-state index contributed by atoms with van der Waals surface area (Å²) >= 11 is 6.24. The average molecular weight is 479 g/mol. The van der Waals surface area contributed by atoms with Gasteiger partial charge in [0.15, 0.2) is 0 Å². The summed E-state index contributed by atoms with van der Waals surface area (Å²) in [5.74, 6) is 0.